The summed E-state index contributed by atoms with van der Waals surface area (Å²) in [5, 5.41) is 3.81. The van der Waals surface area contributed by atoms with Crippen molar-refractivity contribution in [3.05, 3.63) is 29.3 Å². The van der Waals surface area contributed by atoms with Crippen LogP contribution in [0.25, 0.3) is 0 Å². The number of nitrogens with one attached hydrogen (secondary N) is 1. The van der Waals surface area contributed by atoms with Gasteiger partial charge in [0.1, 0.15) is 6.04 Å². The van der Waals surface area contributed by atoms with Gasteiger partial charge in [-0.3, -0.25) is 23.0 Å². The van der Waals surface area contributed by atoms with Crippen LogP contribution in [0, 0.1) is 23.2 Å². The van der Waals surface area contributed by atoms with E-state index in [0.717, 1.165) is 32.1 Å². The maximum Gasteiger partial charge on any atom is 0.239 e. The zero-order chi connectivity index (χ0) is 23.5. The van der Waals surface area contributed by atoms with Crippen molar-refractivity contribution in [3.63, 3.8) is 0 Å². The Labute approximate surface area is 201 Å². The lowest BCUT2D eigenvalue weighted by atomic mass is 9.47. The second kappa shape index (κ2) is 8.30. The molecule has 182 valence electrons. The first-order valence-corrected chi connectivity index (χ1v) is 13.6. The Morgan fingerprint density at radius 1 is 1.15 bits per heavy atom. The van der Waals surface area contributed by atoms with Gasteiger partial charge in [0.15, 0.2) is 0 Å². The summed E-state index contributed by atoms with van der Waals surface area (Å²) < 4.78 is 25.4. The van der Waals surface area contributed by atoms with Crippen molar-refractivity contribution in [2.45, 2.75) is 57.5 Å². The van der Waals surface area contributed by atoms with Crippen LogP contribution < -0.4 is 15.4 Å². The van der Waals surface area contributed by atoms with E-state index in [2.05, 4.69) is 5.32 Å². The van der Waals surface area contributed by atoms with Crippen molar-refractivity contribution in [1.82, 2.24) is 9.62 Å². The minimum Gasteiger partial charge on any atom is -0.369 e. The zero-order valence-corrected chi connectivity index (χ0v) is 20.4. The van der Waals surface area contributed by atoms with Gasteiger partial charge >= 0.3 is 0 Å². The molecule has 1 saturated heterocycles. The molecule has 1 aliphatic heterocycles. The number of hydrogen-bond donors (Lipinski definition) is 4. The van der Waals surface area contributed by atoms with Crippen LogP contribution in [-0.2, 0) is 9.59 Å². The molecule has 6 rings (SSSR count). The predicted octanol–water partition coefficient (Wildman–Crippen LogP) is 3.62. The Balaban J connectivity index is 1.29. The molecular formula is C23H33ClN4O4S. The summed E-state index contributed by atoms with van der Waals surface area (Å²) in [6, 6.07) is 6.26. The summed E-state index contributed by atoms with van der Waals surface area (Å²) in [6.45, 7) is 2.64. The van der Waals surface area contributed by atoms with Gasteiger partial charge in [0.2, 0.25) is 11.8 Å². The largest absolute Gasteiger partial charge is 0.369 e. The quantitative estimate of drug-likeness (QED) is 0.494. The minimum absolute atomic E-state index is 0.0166. The van der Waals surface area contributed by atoms with Gasteiger partial charge in [0.25, 0.3) is 0 Å². The molecule has 3 unspecified atom stereocenters. The van der Waals surface area contributed by atoms with Crippen molar-refractivity contribution in [1.29, 1.82) is 0 Å². The minimum atomic E-state index is -3.36. The van der Waals surface area contributed by atoms with E-state index in [-0.39, 0.29) is 29.7 Å². The third-order valence-electron chi connectivity index (χ3n) is 8.38. The van der Waals surface area contributed by atoms with Gasteiger partial charge in [0.05, 0.1) is 5.69 Å². The smallest absolute Gasteiger partial charge is 0.239 e. The Hall–Kier alpha value is -1.52. The molecule has 5 aliphatic rings. The first-order valence-electron chi connectivity index (χ1n) is 11.8. The highest BCUT2D eigenvalue weighted by molar-refractivity contribution is 8.23. The Morgan fingerprint density at radius 2 is 1.79 bits per heavy atom. The van der Waals surface area contributed by atoms with Gasteiger partial charge < -0.3 is 11.1 Å². The molecule has 5 fully saturated rings. The second-order valence-corrected chi connectivity index (χ2v) is 12.7. The van der Waals surface area contributed by atoms with Crippen LogP contribution in [0.1, 0.15) is 45.4 Å². The molecule has 4 aliphatic carbocycles. The molecule has 0 spiro atoms. The predicted molar refractivity (Wildman–Crippen MR) is 130 cm³/mol. The number of benzene rings is 1. The molecule has 3 atom stereocenters. The van der Waals surface area contributed by atoms with Gasteiger partial charge in [-0.25, -0.2) is 0 Å². The normalized spacial score (nSPS) is 36.9. The molecule has 0 aromatic heterocycles. The van der Waals surface area contributed by atoms with E-state index in [1.807, 2.05) is 0 Å². The molecular weight excluding hydrogens is 464 g/mol. The highest BCUT2D eigenvalue weighted by atomic mass is 35.5. The average molecular weight is 497 g/mol. The molecule has 10 heteroatoms. The third-order valence-corrected chi connectivity index (χ3v) is 10.7. The molecule has 1 aromatic carbocycles. The number of hydrogen-bond acceptors (Lipinski definition) is 6. The summed E-state index contributed by atoms with van der Waals surface area (Å²) in [4.78, 5) is 25.5. The second-order valence-electron chi connectivity index (χ2n) is 10.4. The number of halogens is 1. The summed E-state index contributed by atoms with van der Waals surface area (Å²) in [6.07, 6.45) is 5.13. The lowest BCUT2D eigenvalue weighted by molar-refractivity contribution is -0.147. The number of nitrogens with zero attached hydrogens (tertiary/aromatic N) is 2. The summed E-state index contributed by atoms with van der Waals surface area (Å²) in [7, 11) is -3.36. The zero-order valence-electron chi connectivity index (χ0n) is 18.8. The van der Waals surface area contributed by atoms with E-state index in [4.69, 9.17) is 17.3 Å². The van der Waals surface area contributed by atoms with Crippen molar-refractivity contribution >= 4 is 40.1 Å². The number of carbonyl (C=O) groups excluding carboxylic acids is 2. The fourth-order valence-electron chi connectivity index (χ4n) is 7.00. The molecule has 4 bridgehead atoms. The molecule has 0 radical (unpaired) electrons. The number of rotatable bonds is 5. The number of primary amides is 1. The van der Waals surface area contributed by atoms with Gasteiger partial charge in [-0.15, -0.1) is 0 Å². The Kier molecular flexibility index (Phi) is 5.85. The SMILES string of the molecule is CC(C(=O)NC1C2CC3CC1CC(C(N)=O)(C3)C2)N1CCCN(c2ccc(Cl)cc2)S1(O)O. The summed E-state index contributed by atoms with van der Waals surface area (Å²) >= 11 is 5.99. The molecule has 33 heavy (non-hydrogen) atoms. The van der Waals surface area contributed by atoms with E-state index < -0.39 is 22.4 Å². The number of carbonyl (C=O) groups is 2. The number of amides is 2. The van der Waals surface area contributed by atoms with Gasteiger partial charge in [0, 0.05) is 29.6 Å². The van der Waals surface area contributed by atoms with Gasteiger partial charge in [-0.1, -0.05) is 11.6 Å². The van der Waals surface area contributed by atoms with Crippen molar-refractivity contribution in [2.24, 2.45) is 28.9 Å². The molecule has 4 saturated carbocycles. The Morgan fingerprint density at radius 3 is 2.39 bits per heavy atom. The topological polar surface area (TPSA) is 119 Å². The molecule has 5 N–H and O–H groups in total. The van der Waals surface area contributed by atoms with Crippen LogP contribution in [0.2, 0.25) is 5.02 Å². The van der Waals surface area contributed by atoms with Crippen LogP contribution >= 0.6 is 22.6 Å². The maximum atomic E-state index is 13.3. The number of anilines is 1. The monoisotopic (exact) mass is 496 g/mol. The van der Waals surface area contributed by atoms with Crippen molar-refractivity contribution < 1.29 is 18.7 Å². The first-order chi connectivity index (χ1) is 15.6. The highest BCUT2D eigenvalue weighted by Gasteiger charge is 2.58. The van der Waals surface area contributed by atoms with Crippen molar-refractivity contribution in [3.8, 4) is 0 Å². The highest BCUT2D eigenvalue weighted by Crippen LogP contribution is 2.60. The van der Waals surface area contributed by atoms with E-state index >= 15 is 0 Å². The molecule has 1 aromatic rings. The maximum absolute atomic E-state index is 13.3. The van der Waals surface area contributed by atoms with Crippen LogP contribution in [0.3, 0.4) is 0 Å². The standard InChI is InChI=1S/C23H33ClN4O4S/c1-14(27-7-2-8-28(33(27,31)32)19-5-3-18(24)4-6-19)21(29)26-20-16-9-15-10-17(20)13-23(11-15,12-16)22(25)30/h3-6,14-17,20,31-32H,2,7-13H2,1H3,(H2,25,30)(H,26,29). The first kappa shape index (κ1) is 23.2. The van der Waals surface area contributed by atoms with Crippen molar-refractivity contribution in [2.75, 3.05) is 17.4 Å². The average Bonchev–Trinajstić information content (AvgIpc) is 2.75. The summed E-state index contributed by atoms with van der Waals surface area (Å²) in [5.41, 5.74) is 6.05. The van der Waals surface area contributed by atoms with Crippen LogP contribution in [0.4, 0.5) is 5.69 Å². The fourth-order valence-corrected chi connectivity index (χ4v) is 9.05. The summed E-state index contributed by atoms with van der Waals surface area (Å²) in [5.74, 6) is 0.644. The molecule has 1 heterocycles. The Bertz CT molecular complexity index is 929. The van der Waals surface area contributed by atoms with E-state index in [9.17, 15) is 18.7 Å². The van der Waals surface area contributed by atoms with Gasteiger partial charge in [-0.05, 0) is 98.4 Å². The van der Waals surface area contributed by atoms with Crippen LogP contribution in [0.15, 0.2) is 24.3 Å². The van der Waals surface area contributed by atoms with E-state index in [1.165, 1.54) is 4.31 Å². The molecule has 2 amide bonds. The van der Waals surface area contributed by atoms with Crippen LogP contribution in [0.5, 0.6) is 0 Å². The lowest BCUT2D eigenvalue weighted by Gasteiger charge is -2.59. The fraction of sp³-hybridized carbons (Fsp3) is 0.652. The van der Waals surface area contributed by atoms with Crippen LogP contribution in [-0.4, -0.2) is 50.4 Å². The van der Waals surface area contributed by atoms with E-state index in [0.29, 0.717) is 36.1 Å². The molecule has 8 nitrogen and oxygen atoms in total. The number of nitrogens with two attached hydrogens (primary N) is 1. The lowest BCUT2D eigenvalue weighted by Crippen LogP contribution is -2.63. The van der Waals surface area contributed by atoms with Gasteiger partial charge in [-0.2, -0.15) is 4.31 Å². The third kappa shape index (κ3) is 3.91. The van der Waals surface area contributed by atoms with E-state index in [1.54, 1.807) is 35.5 Å².